The van der Waals surface area contributed by atoms with Crippen molar-refractivity contribution in [1.29, 1.82) is 0 Å². The highest BCUT2D eigenvalue weighted by molar-refractivity contribution is 6.04. The standard InChI is InChI=1S/C31H40N6O3.C30H39N7O3/c1-2-28-7-3-4-16-37(28)23-24-8-10-25(11-9-24)30(38)34-27-12-13-29(33-22-27)40-31(39)36-20-18-35(19-21-36)17-14-26-6-5-15-32-26;1-2-27-5-3-4-13-37(27)21-23-6-8-24(9-7-23)29(38)34-26-10-11-28(32-20-26)40-30(39)36-17-15-35(16-18-36)14-12-25-19-31-22-33-25/h5-6,8-13,15,22,28,32H,2-4,7,14,16-21,23H2,1H3,(H,34,38);6-11,19-20,22,27H,2-5,12-18,21H2,1H3,(H,31,33)(H,34,38). The molecular weight excluding hydrogens is 1010 g/mol. The topological polar surface area (TPSA) is 200 Å². The summed E-state index contributed by atoms with van der Waals surface area (Å²) in [6.07, 6.45) is 19.6. The zero-order valence-corrected chi connectivity index (χ0v) is 46.6. The highest BCUT2D eigenvalue weighted by Crippen LogP contribution is 2.25. The summed E-state index contributed by atoms with van der Waals surface area (Å²) in [5.74, 6) is 0.0188. The van der Waals surface area contributed by atoms with Gasteiger partial charge in [-0.3, -0.25) is 29.2 Å². The van der Waals surface area contributed by atoms with E-state index in [0.29, 0.717) is 60.8 Å². The minimum atomic E-state index is -0.411. The second-order valence-electron chi connectivity index (χ2n) is 21.3. The van der Waals surface area contributed by atoms with Crippen LogP contribution in [0.4, 0.5) is 21.0 Å². The number of piperidine rings is 2. The Morgan fingerprint density at radius 3 is 1.46 bits per heavy atom. The lowest BCUT2D eigenvalue weighted by Crippen LogP contribution is -2.50. The molecule has 0 radical (unpaired) electrons. The third kappa shape index (κ3) is 16.8. The number of ether oxygens (including phenoxy) is 2. The average molecular weight is 1090 g/mol. The molecule has 6 aromatic rings. The number of benzene rings is 2. The van der Waals surface area contributed by atoms with Gasteiger partial charge in [-0.2, -0.15) is 0 Å². The minimum Gasteiger partial charge on any atom is -0.391 e. The summed E-state index contributed by atoms with van der Waals surface area (Å²) in [4.78, 5) is 82.9. The number of amides is 4. The number of aromatic nitrogens is 5. The van der Waals surface area contributed by atoms with Crippen LogP contribution in [0.25, 0.3) is 0 Å². The maximum absolute atomic E-state index is 12.8. The van der Waals surface area contributed by atoms with E-state index in [9.17, 15) is 19.2 Å². The van der Waals surface area contributed by atoms with Crippen LogP contribution in [0.2, 0.25) is 0 Å². The first-order valence-electron chi connectivity index (χ1n) is 28.8. The smallest absolute Gasteiger partial charge is 0.391 e. The highest BCUT2D eigenvalue weighted by Gasteiger charge is 2.26. The van der Waals surface area contributed by atoms with E-state index >= 15 is 0 Å². The zero-order chi connectivity index (χ0) is 55.5. The number of rotatable bonds is 18. The van der Waals surface area contributed by atoms with E-state index in [-0.39, 0.29) is 23.6 Å². The van der Waals surface area contributed by atoms with Crippen molar-refractivity contribution >= 4 is 35.4 Å². The van der Waals surface area contributed by atoms with Crippen molar-refractivity contribution in [2.24, 2.45) is 0 Å². The molecule has 0 saturated carbocycles. The molecule has 4 aliphatic rings. The van der Waals surface area contributed by atoms with E-state index in [1.165, 1.54) is 80.6 Å². The zero-order valence-electron chi connectivity index (χ0n) is 46.6. The van der Waals surface area contributed by atoms with Gasteiger partial charge in [0.1, 0.15) is 0 Å². The maximum atomic E-state index is 12.8. The molecule has 0 spiro atoms. The van der Waals surface area contributed by atoms with Crippen LogP contribution in [0.15, 0.2) is 116 Å². The van der Waals surface area contributed by atoms with Crippen LogP contribution in [0.1, 0.15) is 108 Å². The van der Waals surface area contributed by atoms with Crippen molar-refractivity contribution in [3.8, 4) is 11.8 Å². The van der Waals surface area contributed by atoms with Crippen molar-refractivity contribution in [2.45, 2.75) is 103 Å². The summed E-state index contributed by atoms with van der Waals surface area (Å²) in [7, 11) is 0. The molecule has 10 rings (SSSR count). The number of carbonyl (C=O) groups excluding carboxylic acids is 4. The van der Waals surface area contributed by atoms with Gasteiger partial charge in [0.2, 0.25) is 11.8 Å². The molecule has 4 aromatic heterocycles. The molecule has 2 aromatic carbocycles. The highest BCUT2D eigenvalue weighted by atomic mass is 16.6. The monoisotopic (exact) mass is 1090 g/mol. The lowest BCUT2D eigenvalue weighted by molar-refractivity contribution is 0.101. The predicted molar refractivity (Wildman–Crippen MR) is 309 cm³/mol. The van der Waals surface area contributed by atoms with Gasteiger partial charge in [-0.15, -0.1) is 0 Å². The second-order valence-corrected chi connectivity index (χ2v) is 21.3. The van der Waals surface area contributed by atoms with Gasteiger partial charge < -0.3 is 39.9 Å². The average Bonchev–Trinajstić information content (AvgIpc) is 4.24. The van der Waals surface area contributed by atoms with E-state index < -0.39 is 12.2 Å². The largest absolute Gasteiger partial charge is 0.416 e. The van der Waals surface area contributed by atoms with E-state index in [2.05, 4.69) is 75.1 Å². The van der Waals surface area contributed by atoms with Gasteiger partial charge in [-0.25, -0.2) is 24.5 Å². The molecule has 4 saturated heterocycles. The van der Waals surface area contributed by atoms with Crippen LogP contribution in [-0.2, 0) is 25.9 Å². The molecule has 4 N–H and O–H groups in total. The first-order chi connectivity index (χ1) is 39.1. The van der Waals surface area contributed by atoms with Crippen molar-refractivity contribution in [3.05, 3.63) is 150 Å². The Kier molecular flexibility index (Phi) is 20.9. The second kappa shape index (κ2) is 29.1. The van der Waals surface area contributed by atoms with Crippen LogP contribution in [0.5, 0.6) is 11.8 Å². The molecule has 0 aliphatic carbocycles. The first-order valence-corrected chi connectivity index (χ1v) is 28.8. The van der Waals surface area contributed by atoms with E-state index in [0.717, 1.165) is 84.0 Å². The number of hydrogen-bond donors (Lipinski definition) is 4. The maximum Gasteiger partial charge on any atom is 0.416 e. The van der Waals surface area contributed by atoms with Crippen molar-refractivity contribution in [1.82, 2.24) is 54.3 Å². The molecule has 2 unspecified atom stereocenters. The molecule has 19 heteroatoms. The number of pyridine rings is 2. The summed E-state index contributed by atoms with van der Waals surface area (Å²) in [5.41, 5.74) is 6.98. The normalized spacial score (nSPS) is 18.4. The molecule has 2 atom stereocenters. The molecule has 424 valence electrons. The molecule has 4 aliphatic heterocycles. The number of hydrogen-bond acceptors (Lipinski definition) is 13. The van der Waals surface area contributed by atoms with Gasteiger partial charge in [0.15, 0.2) is 0 Å². The number of aromatic amines is 2. The van der Waals surface area contributed by atoms with Gasteiger partial charge in [0.25, 0.3) is 11.8 Å². The Balaban J connectivity index is 0.000000194. The molecule has 0 bridgehead atoms. The Hall–Kier alpha value is -7.45. The lowest BCUT2D eigenvalue weighted by Gasteiger charge is -2.35. The number of imidazole rings is 1. The number of anilines is 2. The van der Waals surface area contributed by atoms with Gasteiger partial charge in [-0.05, 0) is 111 Å². The van der Waals surface area contributed by atoms with E-state index in [4.69, 9.17) is 9.47 Å². The Morgan fingerprint density at radius 1 is 0.562 bits per heavy atom. The van der Waals surface area contributed by atoms with Crippen LogP contribution in [0.3, 0.4) is 0 Å². The number of nitrogens with one attached hydrogen (secondary N) is 4. The minimum absolute atomic E-state index is 0.198. The van der Waals surface area contributed by atoms with Crippen LogP contribution >= 0.6 is 0 Å². The van der Waals surface area contributed by atoms with Crippen molar-refractivity contribution in [3.63, 3.8) is 0 Å². The van der Waals surface area contributed by atoms with Crippen LogP contribution in [-0.4, -0.2) is 169 Å². The molecule has 8 heterocycles. The fourth-order valence-corrected chi connectivity index (χ4v) is 11.0. The third-order valence-corrected chi connectivity index (χ3v) is 15.9. The fraction of sp³-hybridized carbons (Fsp3) is 0.459. The summed E-state index contributed by atoms with van der Waals surface area (Å²) in [6.45, 7) is 16.2. The summed E-state index contributed by atoms with van der Waals surface area (Å²) < 4.78 is 10.9. The van der Waals surface area contributed by atoms with Gasteiger partial charge in [0, 0.05) is 145 Å². The van der Waals surface area contributed by atoms with Crippen LogP contribution < -0.4 is 20.1 Å². The summed E-state index contributed by atoms with van der Waals surface area (Å²) >= 11 is 0. The fourth-order valence-electron chi connectivity index (χ4n) is 11.0. The van der Waals surface area contributed by atoms with E-state index in [1.807, 2.05) is 67.0 Å². The quantitative estimate of drug-likeness (QED) is 0.0636. The number of carbonyl (C=O) groups is 4. The molecule has 4 fully saturated rings. The predicted octanol–water partition coefficient (Wildman–Crippen LogP) is 8.97. The number of likely N-dealkylation sites (tertiary alicyclic amines) is 2. The molecule has 80 heavy (non-hydrogen) atoms. The third-order valence-electron chi connectivity index (χ3n) is 15.9. The summed E-state index contributed by atoms with van der Waals surface area (Å²) in [5, 5.41) is 5.75. The van der Waals surface area contributed by atoms with Crippen LogP contribution in [0, 0.1) is 0 Å². The first kappa shape index (κ1) is 57.2. The SMILES string of the molecule is CCC1CCCCN1Cc1ccc(C(=O)Nc2ccc(OC(=O)N3CCN(CCc4c[nH]cn4)CC3)nc2)cc1.CCC1CCCCN1Cc1ccc(C(=O)Nc2ccc(OC(=O)N3CCN(CCc4ccc[nH]4)CC3)nc2)cc1. The molecule has 4 amide bonds. The summed E-state index contributed by atoms with van der Waals surface area (Å²) in [6, 6.07) is 27.6. The Bertz CT molecular complexity index is 2640. The Labute approximate surface area is 470 Å². The molecule has 19 nitrogen and oxygen atoms in total. The molecular formula is C61H79N13O6. The van der Waals surface area contributed by atoms with E-state index in [1.54, 1.807) is 40.4 Å². The lowest BCUT2D eigenvalue weighted by atomic mass is 9.99. The Morgan fingerprint density at radius 2 is 1.05 bits per heavy atom. The van der Waals surface area contributed by atoms with Crippen molar-refractivity contribution in [2.75, 3.05) is 89.2 Å². The van der Waals surface area contributed by atoms with Crippen molar-refractivity contribution < 1.29 is 28.7 Å². The van der Waals surface area contributed by atoms with Gasteiger partial charge >= 0.3 is 12.2 Å². The number of piperazine rings is 2. The van der Waals surface area contributed by atoms with Gasteiger partial charge in [0.05, 0.1) is 35.8 Å². The number of nitrogens with zero attached hydrogens (tertiary/aromatic N) is 9. The number of H-pyrrole nitrogens is 2. The van der Waals surface area contributed by atoms with Gasteiger partial charge in [-0.1, -0.05) is 51.0 Å².